The molecule has 3 unspecified atom stereocenters. The van der Waals surface area contributed by atoms with Crippen LogP contribution in [0.15, 0.2) is 72.4 Å². The largest absolute Gasteiger partial charge is 0.0651 e. The van der Waals surface area contributed by atoms with Crippen molar-refractivity contribution in [2.45, 2.75) is 39.5 Å². The fourth-order valence-corrected chi connectivity index (χ4v) is 4.21. The Morgan fingerprint density at radius 3 is 2.13 bits per heavy atom. The maximum Gasteiger partial charge on any atom is -0.0159 e. The molecule has 0 amide bonds. The first-order valence-electron chi connectivity index (χ1n) is 9.34. The van der Waals surface area contributed by atoms with Crippen molar-refractivity contribution in [2.24, 2.45) is 29.6 Å². The second-order valence-electron chi connectivity index (χ2n) is 7.42. The Balaban J connectivity index is 1.62. The SMILES string of the molecule is CCC1CC(C2CC2C(C)C2=CC=CC=CC=CC=CC=C2)C1. The predicted octanol–water partition coefficient (Wildman–Crippen LogP) is 6.42. The second kappa shape index (κ2) is 7.81. The molecule has 3 aliphatic rings. The van der Waals surface area contributed by atoms with E-state index in [2.05, 4.69) is 80.7 Å². The van der Waals surface area contributed by atoms with Crippen molar-refractivity contribution in [1.29, 1.82) is 0 Å². The highest BCUT2D eigenvalue weighted by Gasteiger charge is 2.49. The van der Waals surface area contributed by atoms with Crippen LogP contribution in [0, 0.1) is 29.6 Å². The minimum absolute atomic E-state index is 0.678. The topological polar surface area (TPSA) is 0 Å². The second-order valence-corrected chi connectivity index (χ2v) is 7.42. The summed E-state index contributed by atoms with van der Waals surface area (Å²) in [6.07, 6.45) is 29.4. The third kappa shape index (κ3) is 4.25. The summed E-state index contributed by atoms with van der Waals surface area (Å²) in [5, 5.41) is 0. The van der Waals surface area contributed by atoms with Crippen LogP contribution in [0.4, 0.5) is 0 Å². The van der Waals surface area contributed by atoms with Gasteiger partial charge in [0.15, 0.2) is 0 Å². The molecule has 0 aromatic carbocycles. The highest BCUT2D eigenvalue weighted by Crippen LogP contribution is 2.58. The first kappa shape index (κ1) is 16.3. The van der Waals surface area contributed by atoms with Crippen LogP contribution >= 0.6 is 0 Å². The molecule has 23 heavy (non-hydrogen) atoms. The van der Waals surface area contributed by atoms with Crippen molar-refractivity contribution in [3.05, 3.63) is 72.4 Å². The Morgan fingerprint density at radius 2 is 1.48 bits per heavy atom. The molecule has 0 saturated heterocycles. The van der Waals surface area contributed by atoms with Crippen LogP contribution in [0.5, 0.6) is 0 Å². The molecule has 3 rings (SSSR count). The van der Waals surface area contributed by atoms with Gasteiger partial charge in [0, 0.05) is 0 Å². The van der Waals surface area contributed by atoms with Gasteiger partial charge in [0.05, 0.1) is 0 Å². The van der Waals surface area contributed by atoms with E-state index in [-0.39, 0.29) is 0 Å². The van der Waals surface area contributed by atoms with Crippen LogP contribution in [-0.4, -0.2) is 0 Å². The summed E-state index contributed by atoms with van der Waals surface area (Å²) in [4.78, 5) is 0. The summed E-state index contributed by atoms with van der Waals surface area (Å²) in [7, 11) is 0. The zero-order valence-corrected chi connectivity index (χ0v) is 14.6. The molecule has 0 aromatic heterocycles. The average Bonchev–Trinajstić information content (AvgIpc) is 3.26. The molecule has 0 bridgehead atoms. The average molecular weight is 306 g/mol. The molecular weight excluding hydrogens is 276 g/mol. The van der Waals surface area contributed by atoms with Crippen molar-refractivity contribution in [2.75, 3.05) is 0 Å². The van der Waals surface area contributed by atoms with Crippen LogP contribution in [0.25, 0.3) is 0 Å². The Labute approximate surface area is 142 Å². The highest BCUT2D eigenvalue weighted by molar-refractivity contribution is 5.32. The van der Waals surface area contributed by atoms with E-state index in [4.69, 9.17) is 0 Å². The van der Waals surface area contributed by atoms with Gasteiger partial charge < -0.3 is 0 Å². The fourth-order valence-electron chi connectivity index (χ4n) is 4.21. The van der Waals surface area contributed by atoms with Gasteiger partial charge in [-0.25, -0.2) is 0 Å². The van der Waals surface area contributed by atoms with Gasteiger partial charge in [0.2, 0.25) is 0 Å². The molecule has 0 spiro atoms. The Hall–Kier alpha value is -1.56. The molecule has 0 radical (unpaired) electrons. The lowest BCUT2D eigenvalue weighted by Crippen LogP contribution is -2.25. The Morgan fingerprint density at radius 1 is 0.870 bits per heavy atom. The predicted molar refractivity (Wildman–Crippen MR) is 101 cm³/mol. The molecule has 0 nitrogen and oxygen atoms in total. The summed E-state index contributed by atoms with van der Waals surface area (Å²) in [5.41, 5.74) is 1.47. The molecular formula is C23H30. The smallest absolute Gasteiger partial charge is 0.0159 e. The van der Waals surface area contributed by atoms with E-state index < -0.39 is 0 Å². The van der Waals surface area contributed by atoms with Crippen molar-refractivity contribution in [3.63, 3.8) is 0 Å². The molecule has 122 valence electrons. The van der Waals surface area contributed by atoms with Crippen LogP contribution in [0.2, 0.25) is 0 Å². The standard InChI is InChI=1S/C23H30/c1-3-19-15-21(16-19)23-17-22(23)18(2)20-13-11-9-7-5-4-6-8-10-12-14-20/h4-14,18-19,21-23H,3,15-17H2,1-2H3. The summed E-state index contributed by atoms with van der Waals surface area (Å²) in [6, 6.07) is 0. The maximum atomic E-state index is 2.43. The molecule has 2 saturated carbocycles. The third-order valence-corrected chi connectivity index (χ3v) is 5.98. The normalized spacial score (nSPS) is 34.3. The van der Waals surface area contributed by atoms with E-state index in [1.54, 1.807) is 0 Å². The van der Waals surface area contributed by atoms with Crippen molar-refractivity contribution in [1.82, 2.24) is 0 Å². The van der Waals surface area contributed by atoms with E-state index in [1.165, 1.54) is 31.3 Å². The summed E-state index contributed by atoms with van der Waals surface area (Å²) in [5.74, 6) is 4.66. The number of hydrogen-bond acceptors (Lipinski definition) is 0. The lowest BCUT2D eigenvalue weighted by molar-refractivity contribution is 0.154. The zero-order chi connectivity index (χ0) is 16.1. The molecule has 0 N–H and O–H groups in total. The van der Waals surface area contributed by atoms with Crippen LogP contribution < -0.4 is 0 Å². The lowest BCUT2D eigenvalue weighted by Gasteiger charge is -2.35. The van der Waals surface area contributed by atoms with Gasteiger partial charge >= 0.3 is 0 Å². The molecule has 0 heteroatoms. The van der Waals surface area contributed by atoms with E-state index in [1.807, 2.05) is 0 Å². The summed E-state index contributed by atoms with van der Waals surface area (Å²) < 4.78 is 0. The van der Waals surface area contributed by atoms with E-state index in [9.17, 15) is 0 Å². The lowest BCUT2D eigenvalue weighted by atomic mass is 9.70. The number of hydrogen-bond donors (Lipinski definition) is 0. The zero-order valence-electron chi connectivity index (χ0n) is 14.6. The van der Waals surface area contributed by atoms with Gasteiger partial charge in [-0.05, 0) is 54.4 Å². The number of allylic oxidation sites excluding steroid dienone is 12. The number of rotatable bonds is 4. The molecule has 3 atom stereocenters. The molecule has 3 aliphatic carbocycles. The first-order valence-corrected chi connectivity index (χ1v) is 9.34. The minimum Gasteiger partial charge on any atom is -0.0651 e. The molecule has 0 heterocycles. The molecule has 2 fully saturated rings. The van der Waals surface area contributed by atoms with Gasteiger partial charge in [-0.1, -0.05) is 87.1 Å². The van der Waals surface area contributed by atoms with Gasteiger partial charge in [-0.15, -0.1) is 0 Å². The van der Waals surface area contributed by atoms with E-state index in [0.717, 1.165) is 23.7 Å². The van der Waals surface area contributed by atoms with Gasteiger partial charge in [-0.3, -0.25) is 0 Å². The van der Waals surface area contributed by atoms with Gasteiger partial charge in [0.25, 0.3) is 0 Å². The maximum absolute atomic E-state index is 2.43. The van der Waals surface area contributed by atoms with E-state index in [0.29, 0.717) is 5.92 Å². The summed E-state index contributed by atoms with van der Waals surface area (Å²) in [6.45, 7) is 4.77. The van der Waals surface area contributed by atoms with Gasteiger partial charge in [0.1, 0.15) is 0 Å². The minimum atomic E-state index is 0.678. The quantitative estimate of drug-likeness (QED) is 0.562. The molecule has 0 aromatic rings. The van der Waals surface area contributed by atoms with Crippen molar-refractivity contribution >= 4 is 0 Å². The van der Waals surface area contributed by atoms with E-state index >= 15 is 0 Å². The molecule has 0 aliphatic heterocycles. The van der Waals surface area contributed by atoms with Gasteiger partial charge in [-0.2, -0.15) is 0 Å². The van der Waals surface area contributed by atoms with Crippen LogP contribution in [-0.2, 0) is 0 Å². The highest BCUT2D eigenvalue weighted by atomic mass is 14.5. The Kier molecular flexibility index (Phi) is 5.54. The van der Waals surface area contributed by atoms with Crippen molar-refractivity contribution < 1.29 is 0 Å². The monoisotopic (exact) mass is 306 g/mol. The fraction of sp³-hybridized carbons (Fsp3) is 0.478. The Bertz CT molecular complexity index is 561. The van der Waals surface area contributed by atoms with Crippen LogP contribution in [0.1, 0.15) is 39.5 Å². The van der Waals surface area contributed by atoms with Crippen molar-refractivity contribution in [3.8, 4) is 0 Å². The first-order chi connectivity index (χ1) is 11.3. The summed E-state index contributed by atoms with van der Waals surface area (Å²) >= 11 is 0. The van der Waals surface area contributed by atoms with Crippen LogP contribution in [0.3, 0.4) is 0 Å². The third-order valence-electron chi connectivity index (χ3n) is 5.98.